The van der Waals surface area contributed by atoms with Crippen molar-refractivity contribution >= 4 is 29.4 Å². The number of benzene rings is 3. The fraction of sp³-hybridized carbons (Fsp3) is 0.148. The Morgan fingerprint density at radius 3 is 2.46 bits per heavy atom. The molecule has 6 nitrogen and oxygen atoms in total. The second-order valence-electron chi connectivity index (χ2n) is 8.38. The van der Waals surface area contributed by atoms with Gasteiger partial charge in [-0.3, -0.25) is 19.5 Å². The van der Waals surface area contributed by atoms with Gasteiger partial charge in [0.05, 0.1) is 5.69 Å². The number of imidazole rings is 1. The Balaban J connectivity index is 1.41. The van der Waals surface area contributed by atoms with Crippen LogP contribution in [0.3, 0.4) is 0 Å². The summed E-state index contributed by atoms with van der Waals surface area (Å²) in [7, 11) is 0. The van der Waals surface area contributed by atoms with Crippen LogP contribution in [-0.4, -0.2) is 38.9 Å². The van der Waals surface area contributed by atoms with Crippen molar-refractivity contribution in [3.05, 3.63) is 101 Å². The Morgan fingerprint density at radius 2 is 1.77 bits per heavy atom. The number of hydrogen-bond donors (Lipinski definition) is 1. The Kier molecular flexibility index (Phi) is 6.33. The third kappa shape index (κ3) is 5.25. The van der Waals surface area contributed by atoms with Gasteiger partial charge in [-0.15, -0.1) is 0 Å². The molecule has 0 bridgehead atoms. The quantitative estimate of drug-likeness (QED) is 0.369. The zero-order valence-electron chi connectivity index (χ0n) is 18.7. The van der Waals surface area contributed by atoms with E-state index in [0.29, 0.717) is 22.2 Å². The summed E-state index contributed by atoms with van der Waals surface area (Å²) in [5.74, 6) is -0.771. The first-order valence-corrected chi connectivity index (χ1v) is 11.6. The molecule has 1 fully saturated rings. The number of hydrogen-bond acceptors (Lipinski definition) is 3. The maximum atomic E-state index is 13.3. The number of nitrogens with one attached hydrogen (secondary N) is 1. The maximum Gasteiger partial charge on any atom is 0.254 e. The van der Waals surface area contributed by atoms with Gasteiger partial charge in [-0.05, 0) is 55.3 Å². The van der Waals surface area contributed by atoms with Gasteiger partial charge in [0.2, 0.25) is 11.9 Å². The van der Waals surface area contributed by atoms with Crippen LogP contribution in [0.4, 0.5) is 10.3 Å². The smallest absolute Gasteiger partial charge is 0.254 e. The SMILES string of the molecule is O=C(CN(C(=O)c1ccc(F)cc1)C1CC1)Nc1nc(-c2ccccc2)cn1-c1cccc(Cl)c1. The van der Waals surface area contributed by atoms with Crippen molar-refractivity contribution in [1.29, 1.82) is 0 Å². The minimum absolute atomic E-state index is 0.00847. The lowest BCUT2D eigenvalue weighted by atomic mass is 10.2. The van der Waals surface area contributed by atoms with E-state index in [0.717, 1.165) is 24.1 Å². The summed E-state index contributed by atoms with van der Waals surface area (Å²) < 4.78 is 15.1. The number of carbonyl (C=O) groups excluding carboxylic acids is 2. The van der Waals surface area contributed by atoms with Crippen LogP contribution >= 0.6 is 11.6 Å². The Hall–Kier alpha value is -3.97. The van der Waals surface area contributed by atoms with E-state index in [2.05, 4.69) is 10.3 Å². The Labute approximate surface area is 207 Å². The fourth-order valence-corrected chi connectivity index (χ4v) is 4.05. The average molecular weight is 489 g/mol. The van der Waals surface area contributed by atoms with Crippen molar-refractivity contribution in [2.75, 3.05) is 11.9 Å². The largest absolute Gasteiger partial charge is 0.326 e. The van der Waals surface area contributed by atoms with E-state index in [9.17, 15) is 14.0 Å². The Morgan fingerprint density at radius 1 is 1.03 bits per heavy atom. The summed E-state index contributed by atoms with van der Waals surface area (Å²) in [6, 6.07) is 22.2. The van der Waals surface area contributed by atoms with Gasteiger partial charge < -0.3 is 4.90 Å². The fourth-order valence-electron chi connectivity index (χ4n) is 3.87. The minimum atomic E-state index is -0.417. The number of carbonyl (C=O) groups is 2. The van der Waals surface area contributed by atoms with Crippen molar-refractivity contribution < 1.29 is 14.0 Å². The first-order valence-electron chi connectivity index (χ1n) is 11.2. The van der Waals surface area contributed by atoms with E-state index in [-0.39, 0.29) is 24.4 Å². The van der Waals surface area contributed by atoms with Crippen LogP contribution < -0.4 is 5.32 Å². The van der Waals surface area contributed by atoms with E-state index in [1.54, 1.807) is 16.7 Å². The van der Waals surface area contributed by atoms with Gasteiger partial charge in [0.25, 0.3) is 5.91 Å². The van der Waals surface area contributed by atoms with E-state index >= 15 is 0 Å². The molecule has 0 radical (unpaired) electrons. The summed E-state index contributed by atoms with van der Waals surface area (Å²) in [6.45, 7) is -0.135. The molecule has 4 aromatic rings. The van der Waals surface area contributed by atoms with Crippen LogP contribution in [0.25, 0.3) is 16.9 Å². The van der Waals surface area contributed by atoms with Gasteiger partial charge in [-0.25, -0.2) is 9.37 Å². The summed E-state index contributed by atoms with van der Waals surface area (Å²) >= 11 is 6.20. The number of rotatable bonds is 7. The summed E-state index contributed by atoms with van der Waals surface area (Å²) in [4.78, 5) is 32.3. The molecule has 5 rings (SSSR count). The molecule has 1 saturated carbocycles. The highest BCUT2D eigenvalue weighted by Crippen LogP contribution is 2.29. The van der Waals surface area contributed by atoms with Crippen molar-refractivity contribution in [3.63, 3.8) is 0 Å². The van der Waals surface area contributed by atoms with Gasteiger partial charge in [-0.1, -0.05) is 48.0 Å². The first-order chi connectivity index (χ1) is 17.0. The molecule has 0 spiro atoms. The molecule has 35 heavy (non-hydrogen) atoms. The summed E-state index contributed by atoms with van der Waals surface area (Å²) in [6.07, 6.45) is 3.49. The molecule has 0 unspecified atom stereocenters. The van der Waals surface area contributed by atoms with Crippen molar-refractivity contribution in [1.82, 2.24) is 14.5 Å². The molecule has 3 aromatic carbocycles. The van der Waals surface area contributed by atoms with Crippen LogP contribution in [0.5, 0.6) is 0 Å². The van der Waals surface area contributed by atoms with Gasteiger partial charge in [0.1, 0.15) is 12.4 Å². The highest BCUT2D eigenvalue weighted by molar-refractivity contribution is 6.30. The zero-order chi connectivity index (χ0) is 24.4. The molecule has 0 aliphatic heterocycles. The average Bonchev–Trinajstić information content (AvgIpc) is 3.62. The van der Waals surface area contributed by atoms with Crippen LogP contribution in [0, 0.1) is 5.82 Å². The predicted octanol–water partition coefficient (Wildman–Crippen LogP) is 5.58. The third-order valence-corrected chi connectivity index (χ3v) is 6.00. The van der Waals surface area contributed by atoms with Gasteiger partial charge in [-0.2, -0.15) is 0 Å². The minimum Gasteiger partial charge on any atom is -0.326 e. The highest BCUT2D eigenvalue weighted by atomic mass is 35.5. The lowest BCUT2D eigenvalue weighted by Gasteiger charge is -2.22. The zero-order valence-corrected chi connectivity index (χ0v) is 19.5. The van der Waals surface area contributed by atoms with Crippen LogP contribution in [0.2, 0.25) is 5.02 Å². The third-order valence-electron chi connectivity index (χ3n) is 5.77. The summed E-state index contributed by atoms with van der Waals surface area (Å²) in [5, 5.41) is 3.42. The van der Waals surface area contributed by atoms with Crippen molar-refractivity contribution in [2.24, 2.45) is 0 Å². The van der Waals surface area contributed by atoms with E-state index < -0.39 is 5.82 Å². The van der Waals surface area contributed by atoms with Gasteiger partial charge in [0, 0.05) is 34.1 Å². The molecule has 176 valence electrons. The molecule has 1 N–H and O–H groups in total. The molecular formula is C27H22ClFN4O2. The number of anilines is 1. The maximum absolute atomic E-state index is 13.3. The first kappa shape index (κ1) is 22.8. The second-order valence-corrected chi connectivity index (χ2v) is 8.82. The number of halogens is 2. The molecule has 2 amide bonds. The second kappa shape index (κ2) is 9.72. The predicted molar refractivity (Wildman–Crippen MR) is 133 cm³/mol. The van der Waals surface area contributed by atoms with Crippen molar-refractivity contribution in [2.45, 2.75) is 18.9 Å². The normalized spacial score (nSPS) is 12.9. The van der Waals surface area contributed by atoms with E-state index in [1.807, 2.05) is 48.7 Å². The lowest BCUT2D eigenvalue weighted by Crippen LogP contribution is -2.39. The molecule has 0 saturated heterocycles. The lowest BCUT2D eigenvalue weighted by molar-refractivity contribution is -0.117. The van der Waals surface area contributed by atoms with Crippen LogP contribution in [-0.2, 0) is 4.79 Å². The van der Waals surface area contributed by atoms with Crippen LogP contribution in [0.15, 0.2) is 85.1 Å². The number of nitrogens with zero attached hydrogens (tertiary/aromatic N) is 3. The van der Waals surface area contributed by atoms with Crippen molar-refractivity contribution in [3.8, 4) is 16.9 Å². The highest BCUT2D eigenvalue weighted by Gasteiger charge is 2.34. The number of amides is 2. The van der Waals surface area contributed by atoms with E-state index in [1.165, 1.54) is 29.2 Å². The molecule has 8 heteroatoms. The van der Waals surface area contributed by atoms with E-state index in [4.69, 9.17) is 11.6 Å². The summed E-state index contributed by atoms with van der Waals surface area (Å²) in [5.41, 5.74) is 2.67. The molecular weight excluding hydrogens is 467 g/mol. The van der Waals surface area contributed by atoms with Gasteiger partial charge in [0.15, 0.2) is 0 Å². The molecule has 1 aliphatic rings. The number of aromatic nitrogens is 2. The molecule has 0 atom stereocenters. The van der Waals surface area contributed by atoms with Gasteiger partial charge >= 0.3 is 0 Å². The molecule has 1 aliphatic carbocycles. The monoisotopic (exact) mass is 488 g/mol. The molecule has 1 heterocycles. The topological polar surface area (TPSA) is 67.2 Å². The Bertz CT molecular complexity index is 1370. The standard InChI is InChI=1S/C27H22ClFN4O2/c28-20-7-4-8-23(15-20)33-16-24(18-5-2-1-3-6-18)30-27(33)31-25(34)17-32(22-13-14-22)26(35)19-9-11-21(29)12-10-19/h1-12,15-16,22H,13-14,17H2,(H,30,31,34). The molecule has 1 aromatic heterocycles. The van der Waals surface area contributed by atoms with Crippen LogP contribution in [0.1, 0.15) is 23.2 Å².